The van der Waals surface area contributed by atoms with Gasteiger partial charge in [0.05, 0.1) is 23.3 Å². The second kappa shape index (κ2) is 8.42. The fraction of sp³-hybridized carbons (Fsp3) is 0.211. The molecule has 0 radical (unpaired) electrons. The maximum atomic E-state index is 15.0. The summed E-state index contributed by atoms with van der Waals surface area (Å²) in [6.07, 6.45) is 4.63. The van der Waals surface area contributed by atoms with E-state index in [2.05, 4.69) is 35.1 Å². The third kappa shape index (κ3) is 4.32. The lowest BCUT2D eigenvalue weighted by Crippen LogP contribution is -2.17. The van der Waals surface area contributed by atoms with Crippen LogP contribution in [0.15, 0.2) is 36.9 Å². The summed E-state index contributed by atoms with van der Waals surface area (Å²) < 4.78 is 57.1. The van der Waals surface area contributed by atoms with Gasteiger partial charge >= 0.3 is 0 Å². The normalized spacial score (nSPS) is 11.6. The average molecular weight is 460 g/mol. The molecule has 0 atom stereocenters. The van der Waals surface area contributed by atoms with Gasteiger partial charge in [-0.15, -0.1) is 0 Å². The smallest absolute Gasteiger partial charge is 0.251 e. The van der Waals surface area contributed by atoms with Crippen molar-refractivity contribution in [3.05, 3.63) is 54.2 Å². The molecule has 3 heterocycles. The SMILES string of the molecule is CCCS(=O)(=O)Nc1ccc(F)c(Nc2ncnc3cnc(-n4ccc(C)n4)nc23)c1F. The summed E-state index contributed by atoms with van der Waals surface area (Å²) in [7, 11) is -3.77. The predicted molar refractivity (Wildman–Crippen MR) is 114 cm³/mol. The zero-order chi connectivity index (χ0) is 22.9. The van der Waals surface area contributed by atoms with Gasteiger partial charge in [-0.25, -0.2) is 41.8 Å². The molecule has 0 saturated heterocycles. The molecular formula is C19H18F2N8O2S. The molecule has 13 heteroatoms. The van der Waals surface area contributed by atoms with Gasteiger partial charge in [-0.1, -0.05) is 6.92 Å². The number of aryl methyl sites for hydroxylation is 1. The second-order valence-corrected chi connectivity index (χ2v) is 8.70. The van der Waals surface area contributed by atoms with Crippen LogP contribution in [0.5, 0.6) is 0 Å². The quantitative estimate of drug-likeness (QED) is 0.431. The minimum absolute atomic E-state index is 0.00823. The Balaban J connectivity index is 1.75. The molecule has 3 aromatic heterocycles. The number of hydrogen-bond acceptors (Lipinski definition) is 8. The van der Waals surface area contributed by atoms with Crippen molar-refractivity contribution < 1.29 is 17.2 Å². The van der Waals surface area contributed by atoms with Crippen LogP contribution in [0.1, 0.15) is 19.0 Å². The molecule has 0 unspecified atom stereocenters. The summed E-state index contributed by atoms with van der Waals surface area (Å²) in [6, 6.07) is 3.73. The van der Waals surface area contributed by atoms with Gasteiger partial charge in [0.1, 0.15) is 28.9 Å². The van der Waals surface area contributed by atoms with Crippen LogP contribution >= 0.6 is 0 Å². The number of anilines is 3. The summed E-state index contributed by atoms with van der Waals surface area (Å²) in [5.74, 6) is -2.03. The second-order valence-electron chi connectivity index (χ2n) is 6.86. The van der Waals surface area contributed by atoms with Gasteiger partial charge in [0.15, 0.2) is 11.6 Å². The molecule has 0 saturated carbocycles. The van der Waals surface area contributed by atoms with Crippen molar-refractivity contribution in [2.24, 2.45) is 0 Å². The Morgan fingerprint density at radius 2 is 1.94 bits per heavy atom. The van der Waals surface area contributed by atoms with E-state index in [1.807, 2.05) is 0 Å². The molecule has 0 bridgehead atoms. The molecule has 2 N–H and O–H groups in total. The van der Waals surface area contributed by atoms with Crippen molar-refractivity contribution in [3.63, 3.8) is 0 Å². The van der Waals surface area contributed by atoms with Crippen LogP contribution in [0, 0.1) is 18.6 Å². The lowest BCUT2D eigenvalue weighted by molar-refractivity contribution is 0.588. The number of nitrogens with one attached hydrogen (secondary N) is 2. The minimum Gasteiger partial charge on any atom is -0.333 e. The number of halogens is 2. The Morgan fingerprint density at radius 1 is 1.12 bits per heavy atom. The Kier molecular flexibility index (Phi) is 5.65. The first kappa shape index (κ1) is 21.5. The lowest BCUT2D eigenvalue weighted by Gasteiger charge is -2.14. The van der Waals surface area contributed by atoms with Gasteiger partial charge in [-0.3, -0.25) is 4.72 Å². The number of aromatic nitrogens is 6. The minimum atomic E-state index is -3.77. The van der Waals surface area contributed by atoms with E-state index < -0.39 is 27.3 Å². The van der Waals surface area contributed by atoms with Crippen molar-refractivity contribution in [1.29, 1.82) is 0 Å². The van der Waals surface area contributed by atoms with Crippen LogP contribution in [-0.2, 0) is 10.0 Å². The lowest BCUT2D eigenvalue weighted by atomic mass is 10.2. The van der Waals surface area contributed by atoms with Gasteiger partial charge in [0.2, 0.25) is 10.0 Å². The van der Waals surface area contributed by atoms with E-state index in [1.165, 1.54) is 17.2 Å². The van der Waals surface area contributed by atoms with Gasteiger partial charge in [-0.05, 0) is 31.5 Å². The van der Waals surface area contributed by atoms with E-state index in [4.69, 9.17) is 0 Å². The number of sulfonamides is 1. The largest absolute Gasteiger partial charge is 0.333 e. The van der Waals surface area contributed by atoms with Crippen LogP contribution < -0.4 is 10.0 Å². The van der Waals surface area contributed by atoms with Crippen LogP contribution in [0.4, 0.5) is 26.0 Å². The maximum absolute atomic E-state index is 15.0. The number of fused-ring (bicyclic) bond motifs is 1. The molecule has 1 aromatic carbocycles. The highest BCUT2D eigenvalue weighted by Crippen LogP contribution is 2.30. The van der Waals surface area contributed by atoms with Crippen LogP contribution in [0.2, 0.25) is 0 Å². The first-order valence-electron chi connectivity index (χ1n) is 9.53. The molecule has 0 fully saturated rings. The molecule has 4 aromatic rings. The van der Waals surface area contributed by atoms with Crippen molar-refractivity contribution in [3.8, 4) is 5.95 Å². The maximum Gasteiger partial charge on any atom is 0.251 e. The molecule has 0 aliphatic heterocycles. The highest BCUT2D eigenvalue weighted by molar-refractivity contribution is 7.92. The van der Waals surface area contributed by atoms with Crippen molar-refractivity contribution in [1.82, 2.24) is 29.7 Å². The monoisotopic (exact) mass is 460 g/mol. The van der Waals surface area contributed by atoms with Crippen LogP contribution in [0.3, 0.4) is 0 Å². The summed E-state index contributed by atoms with van der Waals surface area (Å²) in [5.41, 5.74) is 0.305. The molecule has 32 heavy (non-hydrogen) atoms. The van der Waals surface area contributed by atoms with Gasteiger partial charge in [0, 0.05) is 6.20 Å². The topological polar surface area (TPSA) is 128 Å². The number of benzene rings is 1. The number of rotatable bonds is 7. The molecule has 0 aliphatic rings. The summed E-state index contributed by atoms with van der Waals surface area (Å²) in [4.78, 5) is 16.7. The Bertz CT molecular complexity index is 1410. The first-order valence-corrected chi connectivity index (χ1v) is 11.2. The predicted octanol–water partition coefficient (Wildman–Crippen LogP) is 3.09. The first-order chi connectivity index (χ1) is 15.3. The summed E-state index contributed by atoms with van der Waals surface area (Å²) >= 11 is 0. The average Bonchev–Trinajstić information content (AvgIpc) is 3.19. The fourth-order valence-corrected chi connectivity index (χ4v) is 4.06. The molecule has 0 aliphatic carbocycles. The Labute approximate surface area is 181 Å². The zero-order valence-electron chi connectivity index (χ0n) is 17.0. The van der Waals surface area contributed by atoms with Gasteiger partial charge in [0.25, 0.3) is 5.95 Å². The number of nitrogens with zero attached hydrogens (tertiary/aromatic N) is 6. The Morgan fingerprint density at radius 3 is 2.66 bits per heavy atom. The van der Waals surface area contributed by atoms with E-state index in [-0.39, 0.29) is 28.7 Å². The van der Waals surface area contributed by atoms with E-state index in [9.17, 15) is 12.8 Å². The number of hydrogen-bond donors (Lipinski definition) is 2. The third-order valence-electron chi connectivity index (χ3n) is 4.36. The molecule has 0 amide bonds. The standard InChI is InChI=1S/C19H18F2N8O2S/c1-3-8-32(30,31)28-13-5-4-12(20)16(15(13)21)25-18-17-14(23-10-24-18)9-22-19(26-17)29-7-6-11(2)27-29/h4-7,9-10,28H,3,8H2,1-2H3,(H,23,24,25). The highest BCUT2D eigenvalue weighted by Gasteiger charge is 2.20. The van der Waals surface area contributed by atoms with E-state index in [1.54, 1.807) is 26.1 Å². The van der Waals surface area contributed by atoms with Crippen molar-refractivity contribution in [2.45, 2.75) is 20.3 Å². The molecular weight excluding hydrogens is 442 g/mol. The molecule has 0 spiro atoms. The van der Waals surface area contributed by atoms with E-state index in [0.717, 1.165) is 17.8 Å². The fourth-order valence-electron chi connectivity index (χ4n) is 2.92. The zero-order valence-corrected chi connectivity index (χ0v) is 17.9. The molecule has 4 rings (SSSR count). The van der Waals surface area contributed by atoms with E-state index in [0.29, 0.717) is 11.9 Å². The summed E-state index contributed by atoms with van der Waals surface area (Å²) in [6.45, 7) is 3.48. The van der Waals surface area contributed by atoms with Crippen LogP contribution in [-0.4, -0.2) is 43.9 Å². The van der Waals surface area contributed by atoms with Gasteiger partial charge < -0.3 is 5.32 Å². The van der Waals surface area contributed by atoms with Gasteiger partial charge in [-0.2, -0.15) is 5.10 Å². The van der Waals surface area contributed by atoms with Crippen molar-refractivity contribution in [2.75, 3.05) is 15.8 Å². The third-order valence-corrected chi connectivity index (χ3v) is 5.84. The molecule has 10 nitrogen and oxygen atoms in total. The molecule has 166 valence electrons. The van der Waals surface area contributed by atoms with Crippen LogP contribution in [0.25, 0.3) is 17.0 Å². The van der Waals surface area contributed by atoms with Crippen molar-refractivity contribution >= 4 is 38.2 Å². The van der Waals surface area contributed by atoms with E-state index >= 15 is 4.39 Å². The highest BCUT2D eigenvalue weighted by atomic mass is 32.2. The Hall–Kier alpha value is -3.74. The summed E-state index contributed by atoms with van der Waals surface area (Å²) in [5, 5.41) is 6.81.